The van der Waals surface area contributed by atoms with Crippen molar-refractivity contribution >= 4 is 0 Å². The van der Waals surface area contributed by atoms with Gasteiger partial charge in [0.15, 0.2) is 6.29 Å². The maximum absolute atomic E-state index is 6.11. The maximum atomic E-state index is 6.11. The molecule has 1 aliphatic heterocycles. The Morgan fingerprint density at radius 2 is 1.95 bits per heavy atom. The first-order valence-corrected chi connectivity index (χ1v) is 7.51. The van der Waals surface area contributed by atoms with Crippen molar-refractivity contribution in [3.63, 3.8) is 0 Å². The van der Waals surface area contributed by atoms with Gasteiger partial charge < -0.3 is 14.4 Å². The molecule has 1 saturated heterocycles. The molecule has 1 aliphatic carbocycles. The lowest BCUT2D eigenvalue weighted by Crippen LogP contribution is -3.07. The van der Waals surface area contributed by atoms with Crippen molar-refractivity contribution in [1.29, 1.82) is 0 Å². The minimum atomic E-state index is -0.0555. The minimum Gasteiger partial charge on any atom is -0.351 e. The Morgan fingerprint density at radius 1 is 1.32 bits per heavy atom. The Labute approximate surface area is 117 Å². The van der Waals surface area contributed by atoms with Crippen LogP contribution in [0.4, 0.5) is 0 Å². The van der Waals surface area contributed by atoms with Gasteiger partial charge in [0.25, 0.3) is 0 Å². The van der Waals surface area contributed by atoms with Crippen LogP contribution in [0.1, 0.15) is 40.0 Å². The number of hydrogen-bond donors (Lipinski definition) is 1. The number of quaternary nitrogens is 1. The smallest absolute Gasteiger partial charge is 0.168 e. The van der Waals surface area contributed by atoms with Gasteiger partial charge in [-0.25, -0.2) is 0 Å². The summed E-state index contributed by atoms with van der Waals surface area (Å²) in [5.74, 6) is 0. The highest BCUT2D eigenvalue weighted by Crippen LogP contribution is 2.41. The second kappa shape index (κ2) is 5.55. The molecule has 2 aliphatic rings. The summed E-state index contributed by atoms with van der Waals surface area (Å²) >= 11 is 0. The summed E-state index contributed by atoms with van der Waals surface area (Å²) < 4.78 is 12.2. The number of ether oxygens (including phenoxy) is 2. The van der Waals surface area contributed by atoms with E-state index in [4.69, 9.17) is 9.47 Å². The molecule has 0 saturated carbocycles. The minimum absolute atomic E-state index is 0.0555. The van der Waals surface area contributed by atoms with Crippen LogP contribution in [0.2, 0.25) is 0 Å². The number of nitrogens with one attached hydrogen (secondary N) is 1. The highest BCUT2D eigenvalue weighted by molar-refractivity contribution is 5.07. The molecule has 110 valence electrons. The van der Waals surface area contributed by atoms with Gasteiger partial charge in [0, 0.05) is 5.41 Å². The summed E-state index contributed by atoms with van der Waals surface area (Å²) in [6.07, 6.45) is 5.83. The van der Waals surface area contributed by atoms with E-state index in [1.807, 2.05) is 0 Å². The van der Waals surface area contributed by atoms with Gasteiger partial charge in [-0.3, -0.25) is 0 Å². The van der Waals surface area contributed by atoms with Gasteiger partial charge in [0.1, 0.15) is 0 Å². The summed E-state index contributed by atoms with van der Waals surface area (Å²) in [4.78, 5) is 1.44. The predicted molar refractivity (Wildman–Crippen MR) is 77.2 cm³/mol. The van der Waals surface area contributed by atoms with Crippen molar-refractivity contribution in [2.45, 2.75) is 46.3 Å². The van der Waals surface area contributed by atoms with Crippen LogP contribution in [0.3, 0.4) is 0 Å². The monoisotopic (exact) mass is 268 g/mol. The van der Waals surface area contributed by atoms with Crippen LogP contribution in [0.25, 0.3) is 0 Å². The largest absolute Gasteiger partial charge is 0.351 e. The van der Waals surface area contributed by atoms with E-state index >= 15 is 0 Å². The molecule has 0 unspecified atom stereocenters. The molecule has 0 bridgehead atoms. The topological polar surface area (TPSA) is 22.9 Å². The zero-order valence-corrected chi connectivity index (χ0v) is 13.2. The number of allylic oxidation sites excluding steroid dienone is 2. The van der Waals surface area contributed by atoms with E-state index in [2.05, 4.69) is 40.9 Å². The summed E-state index contributed by atoms with van der Waals surface area (Å²) in [5, 5.41) is 0. The van der Waals surface area contributed by atoms with Gasteiger partial charge in [-0.1, -0.05) is 11.6 Å². The maximum Gasteiger partial charge on any atom is 0.168 e. The van der Waals surface area contributed by atoms with Gasteiger partial charge in [-0.15, -0.1) is 0 Å². The van der Waals surface area contributed by atoms with Crippen molar-refractivity contribution in [3.05, 3.63) is 11.6 Å². The fourth-order valence-corrected chi connectivity index (χ4v) is 3.36. The molecule has 0 atom stereocenters. The number of hydrogen-bond acceptors (Lipinski definition) is 2. The first-order valence-electron chi connectivity index (χ1n) is 7.51. The van der Waals surface area contributed by atoms with E-state index in [0.717, 1.165) is 26.2 Å². The van der Waals surface area contributed by atoms with Crippen LogP contribution in [0.5, 0.6) is 0 Å². The quantitative estimate of drug-likeness (QED) is 0.787. The lowest BCUT2D eigenvalue weighted by atomic mass is 9.75. The molecule has 1 heterocycles. The van der Waals surface area contributed by atoms with Gasteiger partial charge >= 0.3 is 0 Å². The van der Waals surface area contributed by atoms with E-state index in [0.29, 0.717) is 0 Å². The molecule has 1 spiro atoms. The van der Waals surface area contributed by atoms with Crippen molar-refractivity contribution in [1.82, 2.24) is 0 Å². The molecule has 0 amide bonds. The van der Waals surface area contributed by atoms with E-state index in [1.54, 1.807) is 0 Å². The predicted octanol–water partition coefficient (Wildman–Crippen LogP) is 1.65. The fraction of sp³-hybridized carbons (Fsp3) is 0.875. The Kier molecular flexibility index (Phi) is 4.38. The van der Waals surface area contributed by atoms with E-state index in [9.17, 15) is 0 Å². The van der Waals surface area contributed by atoms with Gasteiger partial charge in [-0.2, -0.15) is 0 Å². The molecule has 0 radical (unpaired) electrons. The molecule has 3 heteroatoms. The molecule has 2 rings (SSSR count). The van der Waals surface area contributed by atoms with E-state index in [-0.39, 0.29) is 17.1 Å². The van der Waals surface area contributed by atoms with Gasteiger partial charge in [0.05, 0.1) is 39.3 Å². The summed E-state index contributed by atoms with van der Waals surface area (Å²) in [6.45, 7) is 9.48. The third-order valence-electron chi connectivity index (χ3n) is 4.46. The zero-order valence-electron chi connectivity index (χ0n) is 13.2. The molecule has 19 heavy (non-hydrogen) atoms. The standard InChI is InChI=1S/C16H29NO2/c1-13-6-8-16(9-7-13)11-18-14(19-12-16)15(2,3)10-17(4)5/h6,14H,7-12H2,1-5H3/p+1. The lowest BCUT2D eigenvalue weighted by Gasteiger charge is -2.45. The van der Waals surface area contributed by atoms with Crippen LogP contribution in [0, 0.1) is 10.8 Å². The first-order chi connectivity index (χ1) is 8.83. The molecule has 0 aromatic rings. The van der Waals surface area contributed by atoms with Crippen LogP contribution in [-0.2, 0) is 9.47 Å². The van der Waals surface area contributed by atoms with E-state index in [1.165, 1.54) is 23.3 Å². The van der Waals surface area contributed by atoms with E-state index < -0.39 is 0 Å². The number of rotatable bonds is 3. The van der Waals surface area contributed by atoms with Gasteiger partial charge in [0.2, 0.25) is 0 Å². The molecular formula is C16H30NO2+. The Hall–Kier alpha value is -0.380. The summed E-state index contributed by atoms with van der Waals surface area (Å²) in [6, 6.07) is 0. The summed E-state index contributed by atoms with van der Waals surface area (Å²) in [5.41, 5.74) is 1.84. The third kappa shape index (κ3) is 3.59. The molecular weight excluding hydrogens is 238 g/mol. The van der Waals surface area contributed by atoms with Crippen molar-refractivity contribution in [2.24, 2.45) is 10.8 Å². The lowest BCUT2D eigenvalue weighted by molar-refractivity contribution is -0.866. The molecule has 1 N–H and O–H groups in total. The normalized spacial score (nSPS) is 32.7. The third-order valence-corrected chi connectivity index (χ3v) is 4.46. The van der Waals surface area contributed by atoms with Crippen LogP contribution >= 0.6 is 0 Å². The Bertz CT molecular complexity index is 339. The van der Waals surface area contributed by atoms with Crippen molar-refractivity contribution in [2.75, 3.05) is 33.9 Å². The van der Waals surface area contributed by atoms with Crippen LogP contribution < -0.4 is 4.90 Å². The second-order valence-electron chi connectivity index (χ2n) is 7.58. The molecule has 0 aromatic carbocycles. The molecule has 1 fully saturated rings. The first kappa shape index (κ1) is 15.0. The Balaban J connectivity index is 1.92. The Morgan fingerprint density at radius 3 is 2.42 bits per heavy atom. The average Bonchev–Trinajstić information content (AvgIpc) is 2.32. The summed E-state index contributed by atoms with van der Waals surface area (Å²) in [7, 11) is 4.36. The zero-order chi connectivity index (χ0) is 14.1. The second-order valence-corrected chi connectivity index (χ2v) is 7.58. The van der Waals surface area contributed by atoms with Crippen molar-refractivity contribution in [3.8, 4) is 0 Å². The SMILES string of the molecule is CC1=CCC2(CC1)COC(C(C)(C)C[NH+](C)C)OC2. The van der Waals surface area contributed by atoms with Gasteiger partial charge in [-0.05, 0) is 40.0 Å². The molecule has 3 nitrogen and oxygen atoms in total. The van der Waals surface area contributed by atoms with Crippen LogP contribution in [0.15, 0.2) is 11.6 Å². The average molecular weight is 268 g/mol. The highest BCUT2D eigenvalue weighted by Gasteiger charge is 2.43. The molecule has 0 aromatic heterocycles. The van der Waals surface area contributed by atoms with Crippen LogP contribution in [-0.4, -0.2) is 40.1 Å². The van der Waals surface area contributed by atoms with Crippen molar-refractivity contribution < 1.29 is 14.4 Å². The highest BCUT2D eigenvalue weighted by atomic mass is 16.7. The fourth-order valence-electron chi connectivity index (χ4n) is 3.36.